The maximum atomic E-state index is 17.1. The lowest BCUT2D eigenvalue weighted by atomic mass is 9.99. The fraction of sp³-hybridized carbons (Fsp3) is 0.0400. The van der Waals surface area contributed by atoms with Crippen LogP contribution in [0.4, 0.5) is 21.6 Å². The zero-order valence-electron chi connectivity index (χ0n) is 31.1. The molecule has 4 heterocycles. The number of aryl methyl sites for hydroxylation is 1. The first-order valence-corrected chi connectivity index (χ1v) is 22.0. The molecule has 1 atom stereocenters. The Morgan fingerprint density at radius 1 is 0.614 bits per heavy atom. The van der Waals surface area contributed by atoms with Gasteiger partial charge in [-0.25, -0.2) is 14.4 Å². The Kier molecular flexibility index (Phi) is 7.81. The predicted molar refractivity (Wildman–Crippen MR) is 238 cm³/mol. The Hall–Kier alpha value is -6.67. The van der Waals surface area contributed by atoms with Gasteiger partial charge in [-0.3, -0.25) is 4.90 Å². The van der Waals surface area contributed by atoms with E-state index in [4.69, 9.17) is 9.97 Å². The van der Waals surface area contributed by atoms with Gasteiger partial charge in [-0.2, -0.15) is 0 Å². The molecule has 0 saturated carbocycles. The van der Waals surface area contributed by atoms with E-state index in [1.165, 1.54) is 40.9 Å². The van der Waals surface area contributed by atoms with Crippen LogP contribution >= 0.6 is 11.3 Å². The van der Waals surface area contributed by atoms with Gasteiger partial charge in [0.2, 0.25) is 0 Å². The number of fused-ring (bicyclic) bond motifs is 7. The van der Waals surface area contributed by atoms with Crippen LogP contribution < -0.4 is 25.6 Å². The second-order valence-corrected chi connectivity index (χ2v) is 19.5. The zero-order chi connectivity index (χ0) is 38.1. The third-order valence-electron chi connectivity index (χ3n) is 11.6. The first-order valence-electron chi connectivity index (χ1n) is 19.2. The minimum Gasteiger partial charge on any atom is -0.327 e. The maximum absolute atomic E-state index is 17.1. The van der Waals surface area contributed by atoms with Crippen LogP contribution in [0.2, 0.25) is 0 Å². The Balaban J connectivity index is 1.13. The molecule has 1 aliphatic heterocycles. The monoisotopic (exact) mass is 770 g/mol. The highest BCUT2D eigenvalue weighted by Crippen LogP contribution is 2.46. The van der Waals surface area contributed by atoms with E-state index >= 15 is 4.39 Å². The molecule has 0 aliphatic carbocycles. The van der Waals surface area contributed by atoms with Crippen LogP contribution in [0.3, 0.4) is 0 Å². The summed E-state index contributed by atoms with van der Waals surface area (Å²) in [6.07, 6.45) is 0.528. The first-order chi connectivity index (χ1) is 28.1. The van der Waals surface area contributed by atoms with Gasteiger partial charge in [0.05, 0.1) is 21.4 Å². The Morgan fingerprint density at radius 3 is 2.11 bits per heavy atom. The summed E-state index contributed by atoms with van der Waals surface area (Å²) in [7, 11) is -0.930. The minimum atomic E-state index is -2.94. The summed E-state index contributed by atoms with van der Waals surface area (Å²) in [5, 5.41) is 7.53. The smallest absolute Gasteiger partial charge is 0.186 e. The molecule has 3 aromatic heterocycles. The third-order valence-corrected chi connectivity index (χ3v) is 17.6. The van der Waals surface area contributed by atoms with Crippen LogP contribution in [0.1, 0.15) is 17.3 Å². The molecule has 10 aromatic rings. The number of hydrogen-bond acceptors (Lipinski definition) is 4. The molecule has 11 rings (SSSR count). The van der Waals surface area contributed by atoms with Crippen molar-refractivity contribution in [1.29, 1.82) is 0 Å². The minimum absolute atomic E-state index is 0.581. The Labute approximate surface area is 334 Å². The number of para-hydroxylation sites is 2. The van der Waals surface area contributed by atoms with E-state index in [0.717, 1.165) is 39.6 Å². The number of halogens is 1. The van der Waals surface area contributed by atoms with Gasteiger partial charge in [-0.15, -0.1) is 11.3 Å². The largest absolute Gasteiger partial charge is 0.327 e. The quantitative estimate of drug-likeness (QED) is 0.158. The number of hydrogen-bond donors (Lipinski definition) is 0. The van der Waals surface area contributed by atoms with Crippen molar-refractivity contribution in [2.24, 2.45) is 7.05 Å². The van der Waals surface area contributed by atoms with Crippen LogP contribution in [0.25, 0.3) is 42.6 Å². The van der Waals surface area contributed by atoms with E-state index in [-0.39, 0.29) is 0 Å². The fourth-order valence-electron chi connectivity index (χ4n) is 9.09. The predicted octanol–water partition coefficient (Wildman–Crippen LogP) is 10.2. The molecule has 0 radical (unpaired) electrons. The summed E-state index contributed by atoms with van der Waals surface area (Å²) in [4.78, 5) is 12.5. The molecule has 0 spiro atoms. The molecule has 1 unspecified atom stereocenters. The van der Waals surface area contributed by atoms with Crippen LogP contribution in [-0.4, -0.2) is 22.6 Å². The lowest BCUT2D eigenvalue weighted by Crippen LogP contribution is -2.77. The number of aromatic nitrogens is 3. The topological polar surface area (TPSA) is 34.0 Å². The lowest BCUT2D eigenvalue weighted by Gasteiger charge is -2.44. The van der Waals surface area contributed by atoms with Gasteiger partial charge in [-0.05, 0) is 74.3 Å². The number of anilines is 3. The lowest BCUT2D eigenvalue weighted by molar-refractivity contribution is 0.402. The highest BCUT2D eigenvalue weighted by atomic mass is 32.1. The highest BCUT2D eigenvalue weighted by Gasteiger charge is 2.50. The number of imidazole rings is 1. The second-order valence-electron chi connectivity index (χ2n) is 14.7. The molecular weight excluding hydrogens is 736 g/mol. The molecule has 0 amide bonds. The second kappa shape index (κ2) is 13.2. The fourth-order valence-corrected chi connectivity index (χ4v) is 15.5. The number of pyridine rings is 1. The SMILES string of the molecule is Cn1c(-c2cccc(C(F)c3cccc(N4c5ncccc5[Si](c5ccccc5)(c5ccccc5)c5ccc6c(sc7ccccc76)c54)c3)c2)nc2ccccc21. The van der Waals surface area contributed by atoms with E-state index in [9.17, 15) is 0 Å². The van der Waals surface area contributed by atoms with E-state index in [1.54, 1.807) is 0 Å². The summed E-state index contributed by atoms with van der Waals surface area (Å²) in [6.45, 7) is 0. The molecule has 0 saturated heterocycles. The van der Waals surface area contributed by atoms with Crippen molar-refractivity contribution >= 4 is 88.6 Å². The number of benzene rings is 7. The number of alkyl halides is 1. The van der Waals surface area contributed by atoms with Crippen molar-refractivity contribution in [2.45, 2.75) is 6.17 Å². The molecule has 1 aliphatic rings. The summed E-state index contributed by atoms with van der Waals surface area (Å²) in [6, 6.07) is 63.5. The summed E-state index contributed by atoms with van der Waals surface area (Å²) in [5.74, 6) is 1.69. The van der Waals surface area contributed by atoms with Crippen LogP contribution in [-0.2, 0) is 7.05 Å². The van der Waals surface area contributed by atoms with Crippen molar-refractivity contribution in [3.8, 4) is 11.4 Å². The van der Waals surface area contributed by atoms with Crippen molar-refractivity contribution in [1.82, 2.24) is 14.5 Å². The number of thiophene rings is 1. The van der Waals surface area contributed by atoms with E-state index in [0.29, 0.717) is 11.1 Å². The van der Waals surface area contributed by atoms with E-state index < -0.39 is 14.2 Å². The van der Waals surface area contributed by atoms with Gasteiger partial charge in [0.1, 0.15) is 11.6 Å². The molecule has 7 heteroatoms. The third kappa shape index (κ3) is 5.09. The molecule has 0 fully saturated rings. The van der Waals surface area contributed by atoms with Crippen molar-refractivity contribution < 1.29 is 4.39 Å². The van der Waals surface area contributed by atoms with Gasteiger partial charge in [-0.1, -0.05) is 140 Å². The summed E-state index contributed by atoms with van der Waals surface area (Å²) < 4.78 is 21.6. The molecular formula is C50H35FN4SSi. The van der Waals surface area contributed by atoms with Gasteiger partial charge >= 0.3 is 0 Å². The summed E-state index contributed by atoms with van der Waals surface area (Å²) in [5.41, 5.74) is 5.99. The zero-order valence-corrected chi connectivity index (χ0v) is 32.9. The molecule has 57 heavy (non-hydrogen) atoms. The van der Waals surface area contributed by atoms with Gasteiger partial charge < -0.3 is 4.57 Å². The average molecular weight is 771 g/mol. The van der Waals surface area contributed by atoms with E-state index in [1.807, 2.05) is 85.2 Å². The normalized spacial score (nSPS) is 13.8. The number of rotatable bonds is 6. The van der Waals surface area contributed by atoms with Gasteiger partial charge in [0.15, 0.2) is 14.2 Å². The molecule has 4 nitrogen and oxygen atoms in total. The highest BCUT2D eigenvalue weighted by molar-refractivity contribution is 7.27. The molecule has 7 aromatic carbocycles. The molecule has 0 N–H and O–H groups in total. The Bertz CT molecular complexity index is 3100. The van der Waals surface area contributed by atoms with Crippen molar-refractivity contribution in [3.05, 3.63) is 199 Å². The van der Waals surface area contributed by atoms with Crippen LogP contribution in [0.5, 0.6) is 0 Å². The average Bonchev–Trinajstić information content (AvgIpc) is 3.83. The van der Waals surface area contributed by atoms with Gasteiger partial charge in [0, 0.05) is 40.0 Å². The van der Waals surface area contributed by atoms with Gasteiger partial charge in [0.25, 0.3) is 0 Å². The first kappa shape index (κ1) is 33.6. The molecule has 0 bridgehead atoms. The van der Waals surface area contributed by atoms with Crippen LogP contribution in [0.15, 0.2) is 188 Å². The van der Waals surface area contributed by atoms with Crippen molar-refractivity contribution in [2.75, 3.05) is 4.90 Å². The summed E-state index contributed by atoms with van der Waals surface area (Å²) >= 11 is 1.82. The van der Waals surface area contributed by atoms with E-state index in [2.05, 4.69) is 131 Å². The molecule has 272 valence electrons. The Morgan fingerprint density at radius 2 is 1.32 bits per heavy atom. The van der Waals surface area contributed by atoms with Crippen molar-refractivity contribution in [3.63, 3.8) is 0 Å². The maximum Gasteiger partial charge on any atom is 0.186 e. The van der Waals surface area contributed by atoms with Crippen LogP contribution in [0, 0.1) is 0 Å². The number of nitrogens with zero attached hydrogens (tertiary/aromatic N) is 4. The standard InChI is InChI=1S/C50H35FN4SSi/c1-54-42-25-10-9-24-41(42)53-49(54)35-17-12-15-33(31-35)46(51)34-16-13-18-36(32-34)55-47-44(29-28-40-39-23-8-11-26-43(39)56-48(40)47)57(37-19-4-2-5-20-37,38-21-6-3-7-22-38)45-27-14-30-52-50(45)55/h2-32,46H,1H3.